The lowest BCUT2D eigenvalue weighted by Crippen LogP contribution is -2.40. The van der Waals surface area contributed by atoms with Gasteiger partial charge < -0.3 is 21.0 Å². The van der Waals surface area contributed by atoms with Crippen LogP contribution in [-0.4, -0.2) is 11.8 Å². The highest BCUT2D eigenvalue weighted by Crippen LogP contribution is 1.94. The molecular weight excluding hydrogens is 428 g/mol. The molecule has 0 amide bonds. The second-order valence-corrected chi connectivity index (χ2v) is 4.67. The molecule has 2 aromatic heterocycles. The van der Waals surface area contributed by atoms with Crippen LogP contribution in [0, 0.1) is 10.8 Å². The first-order valence-electron chi connectivity index (χ1n) is 6.56. The zero-order valence-electron chi connectivity index (χ0n) is 12.3. The highest BCUT2D eigenvalue weighted by Gasteiger charge is 2.06. The fraction of sp³-hybridized carbons (Fsp3) is 0.200. The van der Waals surface area contributed by atoms with E-state index in [2.05, 4.69) is 0 Å². The molecule has 0 spiro atoms. The maximum Gasteiger partial charge on any atom is 0.176 e. The lowest BCUT2D eigenvalue weighted by Gasteiger charge is -2.06. The van der Waals surface area contributed by atoms with Gasteiger partial charge in [-0.1, -0.05) is 0 Å². The zero-order valence-corrected chi connectivity index (χ0v) is 15.7. The van der Waals surface area contributed by atoms with Gasteiger partial charge in [0.15, 0.2) is 37.9 Å². The Morgan fingerprint density at radius 2 is 1.22 bits per heavy atom. The third-order valence-electron chi connectivity index (χ3n) is 3.07. The molecule has 124 valence electrons. The fourth-order valence-electron chi connectivity index (χ4n) is 2.03. The average Bonchev–Trinajstić information content (AvgIpc) is 2.48. The fourth-order valence-corrected chi connectivity index (χ4v) is 2.03. The van der Waals surface area contributed by atoms with Gasteiger partial charge in [-0.15, -0.1) is 34.0 Å². The van der Waals surface area contributed by atoms with Crippen molar-refractivity contribution in [2.24, 2.45) is 0 Å². The zero-order chi connectivity index (χ0) is 15.2. The van der Waals surface area contributed by atoms with Gasteiger partial charge in [0.1, 0.15) is 0 Å². The molecule has 2 N–H and O–H groups in total. The number of nitrogens with zero attached hydrogens (tertiary/aromatic N) is 2. The molecule has 0 saturated heterocycles. The molecule has 2 heterocycles. The standard InChI is InChI=1S/C15H16N4O2.2BrH/c16-14(20)12-4-1-6-18(10-12)8-3-9-19-7-2-5-13(11-19)15(17)21;;/h1-2,4-7,10-11H,3,8-9H2,(H2-2,16,17,20,21);2*1H. The monoisotopic (exact) mass is 444 g/mol. The Labute approximate surface area is 155 Å². The highest BCUT2D eigenvalue weighted by atomic mass is 79.9. The summed E-state index contributed by atoms with van der Waals surface area (Å²) in [4.78, 5) is 0. The minimum absolute atomic E-state index is 0. The van der Waals surface area contributed by atoms with Crippen LogP contribution in [0.5, 0.6) is 0 Å². The van der Waals surface area contributed by atoms with Gasteiger partial charge >= 0.3 is 0 Å². The molecule has 0 aliphatic carbocycles. The molecule has 0 aromatic carbocycles. The summed E-state index contributed by atoms with van der Waals surface area (Å²) in [5, 5.41) is 36.2. The SMILES string of the molecule is Br.Br.N=C([O-])c1ccc[n+](CCC[n+]2cccc(C(=N)[O-])c2)c1. The van der Waals surface area contributed by atoms with Crippen LogP contribution in [0.4, 0.5) is 0 Å². The first kappa shape index (κ1) is 21.2. The molecule has 0 unspecified atom stereocenters. The van der Waals surface area contributed by atoms with E-state index < -0.39 is 11.8 Å². The molecular formula is C15H18Br2N4O2. The topological polar surface area (TPSA) is 102 Å². The minimum Gasteiger partial charge on any atom is -0.859 e. The summed E-state index contributed by atoms with van der Waals surface area (Å²) >= 11 is 0. The Morgan fingerprint density at radius 3 is 1.57 bits per heavy atom. The molecule has 2 rings (SSSR count). The average molecular weight is 446 g/mol. The summed E-state index contributed by atoms with van der Waals surface area (Å²) < 4.78 is 3.73. The maximum absolute atomic E-state index is 11.0. The Morgan fingerprint density at radius 1 is 0.826 bits per heavy atom. The van der Waals surface area contributed by atoms with Crippen LogP contribution >= 0.6 is 34.0 Å². The van der Waals surface area contributed by atoms with Gasteiger partial charge in [-0.3, -0.25) is 0 Å². The van der Waals surface area contributed by atoms with Crippen LogP contribution in [0.2, 0.25) is 0 Å². The van der Waals surface area contributed by atoms with E-state index in [0.717, 1.165) is 6.42 Å². The number of pyridine rings is 2. The van der Waals surface area contributed by atoms with Gasteiger partial charge in [-0.05, 0) is 23.9 Å². The lowest BCUT2D eigenvalue weighted by molar-refractivity contribution is -0.727. The Hall–Kier alpha value is -1.80. The van der Waals surface area contributed by atoms with Crippen molar-refractivity contribution >= 4 is 45.8 Å². The van der Waals surface area contributed by atoms with Crippen LogP contribution < -0.4 is 19.3 Å². The normalized spacial score (nSPS) is 9.39. The first-order valence-corrected chi connectivity index (χ1v) is 6.56. The lowest BCUT2D eigenvalue weighted by atomic mass is 10.2. The minimum atomic E-state index is -0.694. The van der Waals surface area contributed by atoms with Crippen molar-refractivity contribution in [3.63, 3.8) is 0 Å². The smallest absolute Gasteiger partial charge is 0.176 e. The molecule has 0 bridgehead atoms. The van der Waals surface area contributed by atoms with E-state index in [9.17, 15) is 10.2 Å². The molecule has 0 atom stereocenters. The van der Waals surface area contributed by atoms with Crippen LogP contribution in [-0.2, 0) is 13.1 Å². The molecule has 8 heteroatoms. The molecule has 0 radical (unpaired) electrons. The highest BCUT2D eigenvalue weighted by molar-refractivity contribution is 8.93. The number of aryl methyl sites for hydroxylation is 2. The molecule has 0 aliphatic heterocycles. The number of nitrogens with one attached hydrogen (secondary N) is 2. The van der Waals surface area contributed by atoms with Crippen LogP contribution in [0.1, 0.15) is 17.5 Å². The van der Waals surface area contributed by atoms with E-state index in [4.69, 9.17) is 10.8 Å². The largest absolute Gasteiger partial charge is 0.859 e. The first-order chi connectivity index (χ1) is 10.1. The predicted octanol–water partition coefficient (Wildman–Crippen LogP) is -0.121. The third kappa shape index (κ3) is 6.45. The Balaban J connectivity index is 0.00000242. The van der Waals surface area contributed by atoms with E-state index in [1.165, 1.54) is 0 Å². The van der Waals surface area contributed by atoms with Gasteiger partial charge in [-0.2, -0.15) is 0 Å². The summed E-state index contributed by atoms with van der Waals surface area (Å²) in [5.41, 5.74) is 0.735. The molecule has 0 fully saturated rings. The van der Waals surface area contributed by atoms with Crippen molar-refractivity contribution in [2.45, 2.75) is 19.5 Å². The molecule has 0 saturated carbocycles. The summed E-state index contributed by atoms with van der Waals surface area (Å²) in [6, 6.07) is 6.72. The van der Waals surface area contributed by atoms with Crippen molar-refractivity contribution < 1.29 is 19.3 Å². The van der Waals surface area contributed by atoms with E-state index in [0.29, 0.717) is 24.2 Å². The van der Waals surface area contributed by atoms with Crippen molar-refractivity contribution in [2.75, 3.05) is 0 Å². The van der Waals surface area contributed by atoms with Gasteiger partial charge in [0.25, 0.3) is 0 Å². The number of aromatic nitrogens is 2. The Kier molecular flexibility index (Phi) is 9.28. The number of halogens is 2. The van der Waals surface area contributed by atoms with Gasteiger partial charge in [0.2, 0.25) is 0 Å². The van der Waals surface area contributed by atoms with Crippen molar-refractivity contribution in [3.05, 3.63) is 60.2 Å². The summed E-state index contributed by atoms with van der Waals surface area (Å²) in [5.74, 6) is -1.39. The summed E-state index contributed by atoms with van der Waals surface area (Å²) in [6.45, 7) is 1.40. The van der Waals surface area contributed by atoms with E-state index in [1.807, 2.05) is 21.5 Å². The Bertz CT molecular complexity index is 623. The van der Waals surface area contributed by atoms with Crippen LogP contribution in [0.15, 0.2) is 49.1 Å². The van der Waals surface area contributed by atoms with E-state index in [1.54, 1.807) is 36.7 Å². The summed E-state index contributed by atoms with van der Waals surface area (Å²) in [6.07, 6.45) is 7.82. The van der Waals surface area contributed by atoms with Crippen LogP contribution in [0.25, 0.3) is 0 Å². The van der Waals surface area contributed by atoms with Crippen molar-refractivity contribution in [1.82, 2.24) is 0 Å². The van der Waals surface area contributed by atoms with E-state index >= 15 is 0 Å². The second kappa shape index (κ2) is 10.1. The van der Waals surface area contributed by atoms with Gasteiger partial charge in [0, 0.05) is 23.3 Å². The van der Waals surface area contributed by atoms with E-state index in [-0.39, 0.29) is 34.0 Å². The number of hydrogen-bond donors (Lipinski definition) is 2. The van der Waals surface area contributed by atoms with Gasteiger partial charge in [0.05, 0.1) is 6.42 Å². The van der Waals surface area contributed by atoms with Crippen molar-refractivity contribution in [1.29, 1.82) is 10.8 Å². The number of rotatable bonds is 6. The van der Waals surface area contributed by atoms with Gasteiger partial charge in [-0.25, -0.2) is 9.13 Å². The molecule has 6 nitrogen and oxygen atoms in total. The third-order valence-corrected chi connectivity index (χ3v) is 3.07. The second-order valence-electron chi connectivity index (χ2n) is 4.67. The number of hydrogen-bond acceptors (Lipinski definition) is 4. The predicted molar refractivity (Wildman–Crippen MR) is 92.2 cm³/mol. The maximum atomic E-state index is 11.0. The molecule has 2 aromatic rings. The van der Waals surface area contributed by atoms with Crippen LogP contribution in [0.3, 0.4) is 0 Å². The quantitative estimate of drug-likeness (QED) is 0.367. The molecule has 0 aliphatic rings. The molecule has 23 heavy (non-hydrogen) atoms. The van der Waals surface area contributed by atoms with Crippen molar-refractivity contribution in [3.8, 4) is 0 Å². The summed E-state index contributed by atoms with van der Waals surface area (Å²) in [7, 11) is 0.